The molecule has 0 amide bonds. The third kappa shape index (κ3) is 4.38. The van der Waals surface area contributed by atoms with Crippen molar-refractivity contribution in [1.82, 2.24) is 0 Å². The van der Waals surface area contributed by atoms with Crippen molar-refractivity contribution in [3.63, 3.8) is 0 Å². The Morgan fingerprint density at radius 1 is 1.29 bits per heavy atom. The van der Waals surface area contributed by atoms with Crippen LogP contribution in [0.4, 0.5) is 0 Å². The number of oxime groups is 1. The Balaban J connectivity index is 2.72. The molecule has 11 nitrogen and oxygen atoms in total. The highest BCUT2D eigenvalue weighted by molar-refractivity contribution is 5.99. The highest BCUT2D eigenvalue weighted by Crippen LogP contribution is 2.19. The smallest absolute Gasteiger partial charge is 0.456 e. The molecule has 0 aliphatic heterocycles. The van der Waals surface area contributed by atoms with Crippen LogP contribution < -0.4 is 10.5 Å². The summed E-state index contributed by atoms with van der Waals surface area (Å²) >= 11 is 0. The molecule has 0 heterocycles. The SMILES string of the molecule is COc1ccccc1/C(N)=N/OC(=O)CCC(C)([N+](=O)[O-])[N+](=O)[O-]. The molecule has 1 aromatic carbocycles. The Morgan fingerprint density at radius 3 is 2.42 bits per heavy atom. The van der Waals surface area contributed by atoms with Gasteiger partial charge in [0.1, 0.15) is 5.75 Å². The highest BCUT2D eigenvalue weighted by atomic mass is 16.7. The lowest BCUT2D eigenvalue weighted by atomic mass is 10.1. The molecule has 0 spiro atoms. The summed E-state index contributed by atoms with van der Waals surface area (Å²) in [6, 6.07) is 6.58. The fourth-order valence-corrected chi connectivity index (χ4v) is 1.64. The van der Waals surface area contributed by atoms with Crippen molar-refractivity contribution in [3.05, 3.63) is 50.1 Å². The topological polar surface area (TPSA) is 160 Å². The van der Waals surface area contributed by atoms with Crippen LogP contribution in [0.5, 0.6) is 5.75 Å². The first-order chi connectivity index (χ1) is 11.2. The van der Waals surface area contributed by atoms with E-state index in [1.807, 2.05) is 0 Å². The van der Waals surface area contributed by atoms with Gasteiger partial charge in [-0.1, -0.05) is 17.3 Å². The monoisotopic (exact) mass is 340 g/mol. The standard InChI is InChI=1S/C13H16N4O7/c1-13(16(19)20,17(21)22)8-7-11(18)24-15-12(14)9-5-3-4-6-10(9)23-2/h3-6H,7-8H2,1-2H3,(H2,14,15). The molecular weight excluding hydrogens is 324 g/mol. The van der Waals surface area contributed by atoms with Crippen LogP contribution in [0.2, 0.25) is 0 Å². The second-order valence-corrected chi connectivity index (χ2v) is 4.87. The molecule has 0 saturated heterocycles. The molecule has 0 unspecified atom stereocenters. The van der Waals surface area contributed by atoms with Gasteiger partial charge >= 0.3 is 11.6 Å². The number of hydrogen-bond acceptors (Lipinski definition) is 8. The zero-order valence-corrected chi connectivity index (χ0v) is 13.0. The first-order valence-corrected chi connectivity index (χ1v) is 6.68. The van der Waals surface area contributed by atoms with Crippen LogP contribution in [0.15, 0.2) is 29.4 Å². The number of carbonyl (C=O) groups is 1. The predicted octanol–water partition coefficient (Wildman–Crippen LogP) is 0.909. The largest absolute Gasteiger partial charge is 0.496 e. The molecule has 1 rings (SSSR count). The van der Waals surface area contributed by atoms with E-state index in [0.717, 1.165) is 6.92 Å². The van der Waals surface area contributed by atoms with Crippen molar-refractivity contribution in [1.29, 1.82) is 0 Å². The molecule has 1 aromatic rings. The average Bonchev–Trinajstić information content (AvgIpc) is 2.56. The first kappa shape index (κ1) is 18.8. The van der Waals surface area contributed by atoms with Gasteiger partial charge in [-0.15, -0.1) is 0 Å². The van der Waals surface area contributed by atoms with Gasteiger partial charge in [0.15, 0.2) is 5.84 Å². The Hall–Kier alpha value is -3.24. The summed E-state index contributed by atoms with van der Waals surface area (Å²) in [5, 5.41) is 24.9. The molecule has 2 N–H and O–H groups in total. The minimum Gasteiger partial charge on any atom is -0.496 e. The van der Waals surface area contributed by atoms with Gasteiger partial charge in [0.2, 0.25) is 0 Å². The van der Waals surface area contributed by atoms with Crippen LogP contribution in [0, 0.1) is 20.2 Å². The molecule has 0 saturated carbocycles. The molecule has 0 aliphatic carbocycles. The fraction of sp³-hybridized carbons (Fsp3) is 0.385. The van der Waals surface area contributed by atoms with E-state index in [1.165, 1.54) is 7.11 Å². The van der Waals surface area contributed by atoms with Crippen molar-refractivity contribution in [2.24, 2.45) is 10.9 Å². The molecule has 11 heteroatoms. The summed E-state index contributed by atoms with van der Waals surface area (Å²) < 4.78 is 5.07. The van der Waals surface area contributed by atoms with Crippen molar-refractivity contribution >= 4 is 11.8 Å². The quantitative estimate of drug-likeness (QED) is 0.182. The number of amidine groups is 1. The average molecular weight is 340 g/mol. The van der Waals surface area contributed by atoms with Crippen molar-refractivity contribution < 1.29 is 24.2 Å². The van der Waals surface area contributed by atoms with Crippen molar-refractivity contribution in [2.45, 2.75) is 25.4 Å². The van der Waals surface area contributed by atoms with E-state index in [0.29, 0.717) is 11.3 Å². The minimum absolute atomic E-state index is 0.146. The van der Waals surface area contributed by atoms with Gasteiger partial charge in [0.25, 0.3) is 0 Å². The van der Waals surface area contributed by atoms with Crippen LogP contribution in [0.3, 0.4) is 0 Å². The molecule has 0 radical (unpaired) electrons. The number of para-hydroxylation sites is 1. The number of nitrogens with two attached hydrogens (primary N) is 1. The number of benzene rings is 1. The van der Waals surface area contributed by atoms with Crippen LogP contribution in [-0.4, -0.2) is 34.4 Å². The number of rotatable bonds is 8. The number of hydrogen-bond donors (Lipinski definition) is 1. The van der Waals surface area contributed by atoms with E-state index in [4.69, 9.17) is 10.5 Å². The Bertz CT molecular complexity index is 660. The Labute approximate surface area is 136 Å². The molecule has 0 aromatic heterocycles. The maximum absolute atomic E-state index is 11.6. The molecule has 0 atom stereocenters. The van der Waals surface area contributed by atoms with E-state index in [-0.39, 0.29) is 5.84 Å². The normalized spacial score (nSPS) is 11.7. The van der Waals surface area contributed by atoms with Crippen LogP contribution >= 0.6 is 0 Å². The lowest BCUT2D eigenvalue weighted by molar-refractivity contribution is -0.792. The maximum Gasteiger partial charge on any atom is 0.456 e. The summed E-state index contributed by atoms with van der Waals surface area (Å²) in [6.45, 7) is 0.812. The van der Waals surface area contributed by atoms with E-state index in [1.54, 1.807) is 24.3 Å². The number of carbonyl (C=O) groups excluding carboxylic acids is 1. The zero-order chi connectivity index (χ0) is 18.3. The minimum atomic E-state index is -2.48. The van der Waals surface area contributed by atoms with Gasteiger partial charge in [-0.2, -0.15) is 0 Å². The number of ether oxygens (including phenoxy) is 1. The van der Waals surface area contributed by atoms with Gasteiger partial charge in [-0.05, 0) is 12.1 Å². The van der Waals surface area contributed by atoms with Crippen LogP contribution in [-0.2, 0) is 9.63 Å². The van der Waals surface area contributed by atoms with Gasteiger partial charge in [-0.3, -0.25) is 20.2 Å². The summed E-state index contributed by atoms with van der Waals surface area (Å²) in [4.78, 5) is 35.5. The third-order valence-electron chi connectivity index (χ3n) is 3.22. The zero-order valence-electron chi connectivity index (χ0n) is 13.0. The number of methoxy groups -OCH3 is 1. The van der Waals surface area contributed by atoms with E-state index in [9.17, 15) is 25.0 Å². The molecule has 0 bridgehead atoms. The Morgan fingerprint density at radius 2 is 1.88 bits per heavy atom. The summed E-state index contributed by atoms with van der Waals surface area (Å²) in [6.07, 6.45) is -1.21. The predicted molar refractivity (Wildman–Crippen MR) is 81.4 cm³/mol. The molecule has 130 valence electrons. The van der Waals surface area contributed by atoms with Gasteiger partial charge in [0.05, 0.1) is 42.3 Å². The molecular formula is C13H16N4O7. The van der Waals surface area contributed by atoms with E-state index < -0.39 is 34.3 Å². The van der Waals surface area contributed by atoms with E-state index >= 15 is 0 Å². The first-order valence-electron chi connectivity index (χ1n) is 6.68. The molecule has 0 fully saturated rings. The lowest BCUT2D eigenvalue weighted by Crippen LogP contribution is -2.43. The second-order valence-electron chi connectivity index (χ2n) is 4.87. The summed E-state index contributed by atoms with van der Waals surface area (Å²) in [5.74, 6) is -0.723. The third-order valence-corrected chi connectivity index (χ3v) is 3.22. The van der Waals surface area contributed by atoms with Gasteiger partial charge in [-0.25, -0.2) is 4.79 Å². The molecule has 0 aliphatic rings. The van der Waals surface area contributed by atoms with Crippen LogP contribution in [0.25, 0.3) is 0 Å². The lowest BCUT2D eigenvalue weighted by Gasteiger charge is -2.11. The maximum atomic E-state index is 11.6. The second kappa shape index (κ2) is 7.85. The Kier molecular flexibility index (Phi) is 6.15. The van der Waals surface area contributed by atoms with Gasteiger partial charge < -0.3 is 15.3 Å². The number of nitro groups is 2. The van der Waals surface area contributed by atoms with Crippen molar-refractivity contribution in [3.8, 4) is 5.75 Å². The summed E-state index contributed by atoms with van der Waals surface area (Å²) in [7, 11) is 1.42. The number of nitrogens with zero attached hydrogens (tertiary/aromatic N) is 3. The van der Waals surface area contributed by atoms with Crippen LogP contribution in [0.1, 0.15) is 25.3 Å². The van der Waals surface area contributed by atoms with E-state index in [2.05, 4.69) is 9.99 Å². The molecule has 24 heavy (non-hydrogen) atoms. The van der Waals surface area contributed by atoms with Gasteiger partial charge in [0, 0.05) is 0 Å². The fourth-order valence-electron chi connectivity index (χ4n) is 1.64. The highest BCUT2D eigenvalue weighted by Gasteiger charge is 2.50. The summed E-state index contributed by atoms with van der Waals surface area (Å²) in [5.41, 5.74) is 3.58. The van der Waals surface area contributed by atoms with Crippen molar-refractivity contribution in [2.75, 3.05) is 7.11 Å².